The largest absolute Gasteiger partial charge is 0.497 e. The van der Waals surface area contributed by atoms with Crippen molar-refractivity contribution in [1.29, 1.82) is 0 Å². The Labute approximate surface area is 122 Å². The Morgan fingerprint density at radius 1 is 1.29 bits per heavy atom. The van der Waals surface area contributed by atoms with E-state index in [0.29, 0.717) is 23.7 Å². The topological polar surface area (TPSA) is 62.6 Å². The first kappa shape index (κ1) is 14.9. The summed E-state index contributed by atoms with van der Waals surface area (Å²) in [6.45, 7) is 0. The van der Waals surface area contributed by atoms with E-state index in [0.717, 1.165) is 0 Å². The Balaban J connectivity index is 2.24. The highest BCUT2D eigenvalue weighted by Gasteiger charge is 2.23. The zero-order valence-corrected chi connectivity index (χ0v) is 12.3. The predicted molar refractivity (Wildman–Crippen MR) is 78.1 cm³/mol. The maximum Gasteiger partial charge on any atom is 0.270 e. The van der Waals surface area contributed by atoms with Gasteiger partial charge >= 0.3 is 0 Å². The van der Waals surface area contributed by atoms with Gasteiger partial charge in [0, 0.05) is 30.8 Å². The summed E-state index contributed by atoms with van der Waals surface area (Å²) >= 11 is 0. The third-order valence-corrected chi connectivity index (χ3v) is 3.15. The fraction of sp³-hybridized carbons (Fsp3) is 0.333. The van der Waals surface area contributed by atoms with Gasteiger partial charge in [0.1, 0.15) is 5.76 Å². The number of rotatable bonds is 5. The lowest BCUT2D eigenvalue weighted by molar-refractivity contribution is 0.169. The Kier molecular flexibility index (Phi) is 4.81. The molecular weight excluding hydrogens is 272 g/mol. The third kappa shape index (κ3) is 3.34. The minimum atomic E-state index is -0.180. The molecule has 0 spiro atoms. The molecule has 1 aromatic heterocycles. The van der Waals surface area contributed by atoms with Gasteiger partial charge < -0.3 is 14.2 Å². The van der Waals surface area contributed by atoms with Gasteiger partial charge in [0.15, 0.2) is 11.5 Å². The van der Waals surface area contributed by atoms with Crippen molar-refractivity contribution in [1.82, 2.24) is 9.78 Å². The van der Waals surface area contributed by atoms with Gasteiger partial charge in [0.2, 0.25) is 0 Å². The Morgan fingerprint density at radius 2 is 2.10 bits per heavy atom. The fourth-order valence-electron chi connectivity index (χ4n) is 2.12. The molecule has 0 amide bonds. The van der Waals surface area contributed by atoms with Crippen LogP contribution in [0.5, 0.6) is 0 Å². The van der Waals surface area contributed by atoms with Crippen LogP contribution in [-0.2, 0) is 14.2 Å². The fourth-order valence-corrected chi connectivity index (χ4v) is 2.12. The number of allylic oxidation sites excluding steroid dienone is 3. The monoisotopic (exact) mass is 290 g/mol. The second-order valence-corrected chi connectivity index (χ2v) is 4.41. The molecule has 21 heavy (non-hydrogen) atoms. The van der Waals surface area contributed by atoms with Gasteiger partial charge in [-0.3, -0.25) is 4.79 Å². The summed E-state index contributed by atoms with van der Waals surface area (Å²) < 4.78 is 17.2. The summed E-state index contributed by atoms with van der Waals surface area (Å²) in [5.41, 5.74) is -0.180. The number of hydrogen-bond acceptors (Lipinski definition) is 5. The highest BCUT2D eigenvalue weighted by Crippen LogP contribution is 2.30. The van der Waals surface area contributed by atoms with E-state index in [1.165, 1.54) is 10.7 Å². The van der Waals surface area contributed by atoms with Crippen LogP contribution in [0, 0.1) is 5.92 Å². The molecule has 0 saturated heterocycles. The highest BCUT2D eigenvalue weighted by atomic mass is 16.5. The summed E-state index contributed by atoms with van der Waals surface area (Å²) in [5.74, 6) is 1.95. The summed E-state index contributed by atoms with van der Waals surface area (Å²) in [6, 6.07) is 3.06. The standard InChI is InChI=1S/C15H18N2O4/c1-19-12-9-11(10-13(20-2)15(12)21-3)6-8-17-14(18)5-4-7-16-17/h4-9,11H,10H2,1-3H3/b8-6+. The molecule has 0 bridgehead atoms. The first-order valence-electron chi connectivity index (χ1n) is 6.49. The van der Waals surface area contributed by atoms with Crippen molar-refractivity contribution in [3.8, 4) is 0 Å². The van der Waals surface area contributed by atoms with Crippen molar-refractivity contribution in [2.24, 2.45) is 5.92 Å². The van der Waals surface area contributed by atoms with E-state index in [1.807, 2.05) is 12.2 Å². The van der Waals surface area contributed by atoms with Crippen LogP contribution >= 0.6 is 0 Å². The van der Waals surface area contributed by atoms with E-state index in [-0.39, 0.29) is 11.5 Å². The van der Waals surface area contributed by atoms with Crippen LogP contribution in [0.15, 0.2) is 52.6 Å². The SMILES string of the molecule is COC1=CC(/C=C/n2ncccc2=O)CC(OC)=C1OC. The Morgan fingerprint density at radius 3 is 2.71 bits per heavy atom. The minimum Gasteiger partial charge on any atom is -0.497 e. The second-order valence-electron chi connectivity index (χ2n) is 4.41. The van der Waals surface area contributed by atoms with E-state index >= 15 is 0 Å². The zero-order valence-electron chi connectivity index (χ0n) is 12.3. The van der Waals surface area contributed by atoms with Crippen LogP contribution in [0.4, 0.5) is 0 Å². The maximum atomic E-state index is 11.6. The number of ether oxygens (including phenoxy) is 3. The molecule has 0 aromatic carbocycles. The molecule has 1 aliphatic carbocycles. The first-order chi connectivity index (χ1) is 10.2. The van der Waals surface area contributed by atoms with E-state index in [9.17, 15) is 4.79 Å². The van der Waals surface area contributed by atoms with Crippen LogP contribution in [0.25, 0.3) is 6.20 Å². The van der Waals surface area contributed by atoms with Crippen LogP contribution in [0.2, 0.25) is 0 Å². The molecule has 1 heterocycles. The van der Waals surface area contributed by atoms with E-state index in [4.69, 9.17) is 14.2 Å². The maximum absolute atomic E-state index is 11.6. The van der Waals surface area contributed by atoms with Crippen molar-refractivity contribution in [2.75, 3.05) is 21.3 Å². The van der Waals surface area contributed by atoms with E-state index in [2.05, 4.69) is 5.10 Å². The van der Waals surface area contributed by atoms with Gasteiger partial charge in [-0.15, -0.1) is 0 Å². The summed E-state index contributed by atoms with van der Waals surface area (Å²) in [4.78, 5) is 11.6. The van der Waals surface area contributed by atoms with Crippen LogP contribution in [-0.4, -0.2) is 31.1 Å². The van der Waals surface area contributed by atoms with E-state index in [1.54, 1.807) is 39.8 Å². The molecule has 0 N–H and O–H groups in total. The lowest BCUT2D eigenvalue weighted by atomic mass is 9.97. The highest BCUT2D eigenvalue weighted by molar-refractivity contribution is 5.33. The molecule has 1 aliphatic rings. The molecule has 2 rings (SSSR count). The van der Waals surface area contributed by atoms with Crippen molar-refractivity contribution in [2.45, 2.75) is 6.42 Å². The molecule has 0 saturated carbocycles. The summed E-state index contributed by atoms with van der Waals surface area (Å²) in [6.07, 6.45) is 7.63. The normalized spacial score (nSPS) is 18.6. The Bertz CT molecular complexity index is 643. The lowest BCUT2D eigenvalue weighted by Gasteiger charge is -2.22. The number of methoxy groups -OCH3 is 3. The van der Waals surface area contributed by atoms with Crippen LogP contribution in [0.1, 0.15) is 6.42 Å². The molecule has 6 nitrogen and oxygen atoms in total. The molecule has 0 fully saturated rings. The molecule has 1 atom stereocenters. The smallest absolute Gasteiger partial charge is 0.270 e. The average Bonchev–Trinajstić information content (AvgIpc) is 2.52. The van der Waals surface area contributed by atoms with Crippen molar-refractivity contribution >= 4 is 6.20 Å². The van der Waals surface area contributed by atoms with Gasteiger partial charge in [-0.25, -0.2) is 4.68 Å². The van der Waals surface area contributed by atoms with Gasteiger partial charge in [-0.2, -0.15) is 5.10 Å². The molecule has 112 valence electrons. The summed E-state index contributed by atoms with van der Waals surface area (Å²) in [7, 11) is 4.75. The van der Waals surface area contributed by atoms with E-state index < -0.39 is 0 Å². The zero-order chi connectivity index (χ0) is 15.2. The van der Waals surface area contributed by atoms with Gasteiger partial charge in [-0.05, 0) is 12.1 Å². The first-order valence-corrected chi connectivity index (χ1v) is 6.49. The lowest BCUT2D eigenvalue weighted by Crippen LogP contribution is -2.17. The second kappa shape index (κ2) is 6.78. The number of aromatic nitrogens is 2. The molecule has 6 heteroatoms. The molecule has 0 aliphatic heterocycles. The minimum absolute atomic E-state index is 0.0303. The number of nitrogens with zero attached hydrogens (tertiary/aromatic N) is 2. The third-order valence-electron chi connectivity index (χ3n) is 3.15. The van der Waals surface area contributed by atoms with Crippen LogP contribution in [0.3, 0.4) is 0 Å². The van der Waals surface area contributed by atoms with Crippen LogP contribution < -0.4 is 5.56 Å². The van der Waals surface area contributed by atoms with Gasteiger partial charge in [0.05, 0.1) is 21.3 Å². The van der Waals surface area contributed by atoms with Crippen molar-refractivity contribution in [3.63, 3.8) is 0 Å². The van der Waals surface area contributed by atoms with Crippen molar-refractivity contribution in [3.05, 3.63) is 58.1 Å². The van der Waals surface area contributed by atoms with Crippen molar-refractivity contribution < 1.29 is 14.2 Å². The predicted octanol–water partition coefficient (Wildman–Crippen LogP) is 1.77. The Hall–Kier alpha value is -2.50. The average molecular weight is 290 g/mol. The van der Waals surface area contributed by atoms with Gasteiger partial charge in [0.25, 0.3) is 5.56 Å². The summed E-state index contributed by atoms with van der Waals surface area (Å²) in [5, 5.41) is 3.97. The molecular formula is C15H18N2O4. The molecule has 0 radical (unpaired) electrons. The molecule has 1 unspecified atom stereocenters. The van der Waals surface area contributed by atoms with Gasteiger partial charge in [-0.1, -0.05) is 6.08 Å². The molecule has 1 aromatic rings. The quantitative estimate of drug-likeness (QED) is 0.827. The number of hydrogen-bond donors (Lipinski definition) is 0.